The van der Waals surface area contributed by atoms with E-state index in [2.05, 4.69) is 92.4 Å². The van der Waals surface area contributed by atoms with Gasteiger partial charge < -0.3 is 0 Å². The molecule has 1 atom stereocenters. The second-order valence-electron chi connectivity index (χ2n) is 10.8. The lowest BCUT2D eigenvalue weighted by Crippen LogP contribution is -2.13. The van der Waals surface area contributed by atoms with Crippen molar-refractivity contribution < 1.29 is 0 Å². The van der Waals surface area contributed by atoms with Crippen LogP contribution in [0.3, 0.4) is 0 Å². The van der Waals surface area contributed by atoms with Crippen molar-refractivity contribution in [1.82, 2.24) is 0 Å². The monoisotopic (exact) mass is 460 g/mol. The maximum Gasteiger partial charge on any atom is -0.0118 e. The third-order valence-corrected chi connectivity index (χ3v) is 8.47. The first-order valence-corrected chi connectivity index (χ1v) is 13.8. The fourth-order valence-electron chi connectivity index (χ4n) is 6.31. The van der Waals surface area contributed by atoms with E-state index in [0.717, 1.165) is 31.1 Å². The van der Waals surface area contributed by atoms with E-state index >= 15 is 0 Å². The molecule has 1 fully saturated rings. The van der Waals surface area contributed by atoms with E-state index in [-0.39, 0.29) is 0 Å². The van der Waals surface area contributed by atoms with Crippen molar-refractivity contribution in [2.45, 2.75) is 76.5 Å². The van der Waals surface area contributed by atoms with Crippen LogP contribution in [0.25, 0.3) is 11.1 Å². The van der Waals surface area contributed by atoms with Crippen LogP contribution in [0.5, 0.6) is 0 Å². The van der Waals surface area contributed by atoms with Gasteiger partial charge in [0.05, 0.1) is 0 Å². The van der Waals surface area contributed by atoms with Crippen LogP contribution in [-0.2, 0) is 19.3 Å². The van der Waals surface area contributed by atoms with Gasteiger partial charge in [0, 0.05) is 0 Å². The second-order valence-corrected chi connectivity index (χ2v) is 10.8. The summed E-state index contributed by atoms with van der Waals surface area (Å²) >= 11 is 0. The predicted molar refractivity (Wildman–Crippen MR) is 151 cm³/mol. The van der Waals surface area contributed by atoms with Gasteiger partial charge in [-0.05, 0) is 121 Å². The lowest BCUT2D eigenvalue weighted by molar-refractivity contribution is 0.376. The molecular formula is C35H40. The number of fused-ring (bicyclic) bond motifs is 1. The Balaban J connectivity index is 1.23. The molecule has 180 valence electrons. The number of rotatable bonds is 7. The van der Waals surface area contributed by atoms with Gasteiger partial charge in [-0.2, -0.15) is 0 Å². The molecule has 0 aliphatic heterocycles. The lowest BCUT2D eigenvalue weighted by Gasteiger charge is -2.27. The fraction of sp³-hybridized carbons (Fsp3) is 0.371. The molecule has 2 aliphatic carbocycles. The maximum atomic E-state index is 3.84. The number of hydrogen-bond acceptors (Lipinski definition) is 0. The molecule has 2 aliphatic rings. The van der Waals surface area contributed by atoms with Crippen LogP contribution >= 0.6 is 0 Å². The van der Waals surface area contributed by atoms with Gasteiger partial charge in [0.1, 0.15) is 0 Å². The Morgan fingerprint density at radius 3 is 2.14 bits per heavy atom. The van der Waals surface area contributed by atoms with Crippen LogP contribution in [0, 0.1) is 5.92 Å². The number of allylic oxidation sites excluding steroid dienone is 3. The Morgan fingerprint density at radius 2 is 1.43 bits per heavy atom. The zero-order valence-electron chi connectivity index (χ0n) is 21.4. The molecular weight excluding hydrogens is 420 g/mol. The van der Waals surface area contributed by atoms with E-state index in [4.69, 9.17) is 0 Å². The number of hydrogen-bond donors (Lipinski definition) is 0. The van der Waals surface area contributed by atoms with Gasteiger partial charge in [0.2, 0.25) is 0 Å². The molecule has 0 radical (unpaired) electrons. The Hall–Kier alpha value is -2.86. The summed E-state index contributed by atoms with van der Waals surface area (Å²) in [4.78, 5) is 0. The minimum Gasteiger partial charge on any atom is -0.103 e. The average molecular weight is 461 g/mol. The Labute approximate surface area is 212 Å². The molecule has 35 heavy (non-hydrogen) atoms. The largest absolute Gasteiger partial charge is 0.103 e. The van der Waals surface area contributed by atoms with Gasteiger partial charge in [0.15, 0.2) is 0 Å². The number of benzene rings is 3. The van der Waals surface area contributed by atoms with Crippen LogP contribution in [0.15, 0.2) is 91.5 Å². The minimum atomic E-state index is 0.643. The molecule has 0 N–H and O–H groups in total. The van der Waals surface area contributed by atoms with Crippen LogP contribution in [0.4, 0.5) is 0 Å². The quantitative estimate of drug-likeness (QED) is 0.308. The summed E-state index contributed by atoms with van der Waals surface area (Å²) < 4.78 is 0. The third-order valence-electron chi connectivity index (χ3n) is 8.47. The summed E-state index contributed by atoms with van der Waals surface area (Å²) in [6, 6.07) is 26.0. The molecule has 0 amide bonds. The Bertz CT molecular complexity index is 1140. The van der Waals surface area contributed by atoms with E-state index < -0.39 is 0 Å². The molecule has 3 aromatic carbocycles. The van der Waals surface area contributed by atoms with Gasteiger partial charge in [-0.1, -0.05) is 85.0 Å². The highest BCUT2D eigenvalue weighted by atomic mass is 14.3. The lowest BCUT2D eigenvalue weighted by atomic mass is 9.78. The first-order chi connectivity index (χ1) is 17.2. The molecule has 0 spiro atoms. The minimum absolute atomic E-state index is 0.643. The van der Waals surface area contributed by atoms with Crippen molar-refractivity contribution in [2.75, 3.05) is 0 Å². The van der Waals surface area contributed by atoms with Crippen molar-refractivity contribution in [3.8, 4) is 11.1 Å². The summed E-state index contributed by atoms with van der Waals surface area (Å²) in [5.41, 5.74) is 10.3. The zero-order valence-corrected chi connectivity index (χ0v) is 21.4. The molecule has 0 bridgehead atoms. The molecule has 0 nitrogen and oxygen atoms in total. The maximum absolute atomic E-state index is 3.84. The summed E-state index contributed by atoms with van der Waals surface area (Å²) in [5, 5.41) is 0. The Morgan fingerprint density at radius 1 is 0.743 bits per heavy atom. The first-order valence-electron chi connectivity index (χ1n) is 13.8. The smallest absolute Gasteiger partial charge is 0.0118 e. The average Bonchev–Trinajstić information content (AvgIpc) is 2.92. The standard InChI is InChI=1S/C35H40/c1-3-5-7-27-10-14-30(15-11-27)32-20-22-35-25-33(21-23-34(35)24-32)31-18-16-29(17-19-31)28-12-8-26(6-4-2)9-13-28/h3-4,6,10-11,14-19,21,23,25-26,28,32H,1,5,7-9,12-13,20,22,24H2,2H3/b6-4+. The van der Waals surface area contributed by atoms with E-state index in [0.29, 0.717) is 5.92 Å². The van der Waals surface area contributed by atoms with Crippen LogP contribution in [-0.4, -0.2) is 0 Å². The van der Waals surface area contributed by atoms with Crippen molar-refractivity contribution in [2.24, 2.45) is 5.92 Å². The van der Waals surface area contributed by atoms with Crippen molar-refractivity contribution >= 4 is 0 Å². The zero-order chi connectivity index (χ0) is 24.0. The normalized spacial score (nSPS) is 22.1. The SMILES string of the molecule is C=CCCc1ccc(C2CCc3cc(-c4ccc(C5CCC(/C=C/C)CC5)cc4)ccc3C2)cc1. The van der Waals surface area contributed by atoms with Crippen molar-refractivity contribution in [3.63, 3.8) is 0 Å². The van der Waals surface area contributed by atoms with Crippen LogP contribution in [0.2, 0.25) is 0 Å². The summed E-state index contributed by atoms with van der Waals surface area (Å²) in [7, 11) is 0. The highest BCUT2D eigenvalue weighted by molar-refractivity contribution is 5.65. The topological polar surface area (TPSA) is 0 Å². The molecule has 5 rings (SSSR count). The summed E-state index contributed by atoms with van der Waals surface area (Å²) in [6.07, 6.45) is 17.7. The van der Waals surface area contributed by atoms with Gasteiger partial charge in [0.25, 0.3) is 0 Å². The van der Waals surface area contributed by atoms with E-state index in [1.807, 2.05) is 6.08 Å². The highest BCUT2D eigenvalue weighted by Gasteiger charge is 2.22. The molecule has 0 heteroatoms. The highest BCUT2D eigenvalue weighted by Crippen LogP contribution is 2.38. The summed E-state index contributed by atoms with van der Waals surface area (Å²) in [5.74, 6) is 2.18. The fourth-order valence-corrected chi connectivity index (χ4v) is 6.31. The van der Waals surface area contributed by atoms with E-state index in [1.54, 1.807) is 5.56 Å². The third kappa shape index (κ3) is 5.69. The van der Waals surface area contributed by atoms with Gasteiger partial charge in [-0.3, -0.25) is 0 Å². The molecule has 1 saturated carbocycles. The van der Waals surface area contributed by atoms with E-state index in [9.17, 15) is 0 Å². The predicted octanol–water partition coefficient (Wildman–Crippen LogP) is 9.59. The van der Waals surface area contributed by atoms with Crippen LogP contribution in [0.1, 0.15) is 85.1 Å². The number of aryl methyl sites for hydroxylation is 2. The Kier molecular flexibility index (Phi) is 7.67. The van der Waals surface area contributed by atoms with Crippen molar-refractivity contribution in [1.29, 1.82) is 0 Å². The van der Waals surface area contributed by atoms with Crippen LogP contribution < -0.4 is 0 Å². The van der Waals surface area contributed by atoms with Crippen molar-refractivity contribution in [3.05, 3.63) is 119 Å². The van der Waals surface area contributed by atoms with Gasteiger partial charge in [-0.25, -0.2) is 0 Å². The molecule has 0 saturated heterocycles. The summed E-state index contributed by atoms with van der Waals surface area (Å²) in [6.45, 7) is 5.99. The van der Waals surface area contributed by atoms with Gasteiger partial charge in [-0.15, -0.1) is 6.58 Å². The molecule has 0 heterocycles. The second kappa shape index (κ2) is 11.3. The molecule has 3 aromatic rings. The first kappa shape index (κ1) is 23.9. The van der Waals surface area contributed by atoms with E-state index in [1.165, 1.54) is 71.9 Å². The van der Waals surface area contributed by atoms with Gasteiger partial charge >= 0.3 is 0 Å². The molecule has 0 aromatic heterocycles. The molecule has 1 unspecified atom stereocenters.